The minimum atomic E-state index is -1.79. The van der Waals surface area contributed by atoms with Gasteiger partial charge in [0.15, 0.2) is 5.78 Å². The van der Waals surface area contributed by atoms with Crippen LogP contribution >= 0.6 is 0 Å². The van der Waals surface area contributed by atoms with Crippen molar-refractivity contribution in [3.63, 3.8) is 0 Å². The number of Topliss-reactive ketones (excluding diaryl/α,β-unsaturated/α-hetero) is 1. The van der Waals surface area contributed by atoms with Crippen LogP contribution in [-0.2, 0) is 38.4 Å². The van der Waals surface area contributed by atoms with Crippen molar-refractivity contribution in [3.05, 3.63) is 0 Å². The lowest BCUT2D eigenvalue weighted by Crippen LogP contribution is -2.63. The molecule has 0 saturated carbocycles. The van der Waals surface area contributed by atoms with E-state index in [1.54, 1.807) is 13.8 Å². The third-order valence-corrected chi connectivity index (χ3v) is 9.36. The molecule has 21 heteroatoms. The molecule has 0 aromatic heterocycles. The molecule has 60 heavy (non-hydrogen) atoms. The fourth-order valence-electron chi connectivity index (χ4n) is 5.66. The zero-order valence-electron chi connectivity index (χ0n) is 36.5. The van der Waals surface area contributed by atoms with E-state index in [0.717, 1.165) is 40.0 Å². The van der Waals surface area contributed by atoms with Gasteiger partial charge in [0.05, 0.1) is 31.3 Å². The lowest BCUT2D eigenvalue weighted by atomic mass is 9.99. The normalized spacial score (nSPS) is 16.6. The van der Waals surface area contributed by atoms with E-state index in [2.05, 4.69) is 49.1 Å². The lowest BCUT2D eigenvalue weighted by molar-refractivity contribution is -0.138. The Kier molecular flexibility index (Phi) is 26.4. The molecule has 0 rings (SSSR count). The van der Waals surface area contributed by atoms with Gasteiger partial charge in [0.1, 0.15) is 42.3 Å². The smallest absolute Gasteiger partial charge is 0.245 e. The Morgan fingerprint density at radius 2 is 1.02 bits per heavy atom. The predicted molar refractivity (Wildman–Crippen MR) is 222 cm³/mol. The number of amides is 7. The van der Waals surface area contributed by atoms with Gasteiger partial charge in [-0.05, 0) is 66.2 Å². The SMILES string of the molecule is CCCCC[C@H](C)C(=O)N[C@@H](CC(C)C)C(=O)N[C@@H](CCCN=C(C)N)C(=O)N[C@@H](C)C(=O)N[C@@H](CO)C(=O)N[C@H](C(=O)N[C@H](C(=O)N[C@@H](CO)C(C)=O)[C@@H](C)O)[C@@H](C)O. The number of nitrogens with one attached hydrogen (secondary N) is 7. The van der Waals surface area contributed by atoms with Gasteiger partial charge in [0.25, 0.3) is 0 Å². The number of rotatable bonds is 29. The van der Waals surface area contributed by atoms with Crippen molar-refractivity contribution < 1.29 is 58.8 Å². The average molecular weight is 858 g/mol. The molecule has 13 N–H and O–H groups in total. The van der Waals surface area contributed by atoms with Crippen LogP contribution in [0.15, 0.2) is 4.99 Å². The minimum Gasteiger partial charge on any atom is -0.394 e. The first-order valence-corrected chi connectivity index (χ1v) is 20.5. The second-order valence-corrected chi connectivity index (χ2v) is 15.6. The first-order chi connectivity index (χ1) is 28.0. The van der Waals surface area contributed by atoms with Crippen LogP contribution in [0, 0.1) is 11.8 Å². The molecule has 0 aliphatic rings. The second kappa shape index (κ2) is 28.7. The van der Waals surface area contributed by atoms with Crippen LogP contribution in [0.25, 0.3) is 0 Å². The Morgan fingerprint density at radius 1 is 0.550 bits per heavy atom. The zero-order valence-corrected chi connectivity index (χ0v) is 36.5. The molecule has 21 nitrogen and oxygen atoms in total. The quantitative estimate of drug-likeness (QED) is 0.0205. The monoisotopic (exact) mass is 858 g/mol. The molecule has 0 unspecified atom stereocenters. The molecule has 0 aliphatic heterocycles. The highest BCUT2D eigenvalue weighted by Crippen LogP contribution is 2.13. The third kappa shape index (κ3) is 21.0. The topological polar surface area (TPSA) is 340 Å². The maximum absolute atomic E-state index is 13.6. The Balaban J connectivity index is 5.97. The van der Waals surface area contributed by atoms with Gasteiger partial charge in [0.2, 0.25) is 41.4 Å². The highest BCUT2D eigenvalue weighted by Gasteiger charge is 2.36. The fourth-order valence-corrected chi connectivity index (χ4v) is 5.66. The number of aliphatic imine (C=N–C) groups is 1. The predicted octanol–water partition coefficient (Wildman–Crippen LogP) is -2.85. The second-order valence-electron chi connectivity index (χ2n) is 15.6. The van der Waals surface area contributed by atoms with Crippen LogP contribution in [0.3, 0.4) is 0 Å². The van der Waals surface area contributed by atoms with Gasteiger partial charge in [-0.25, -0.2) is 0 Å². The van der Waals surface area contributed by atoms with Gasteiger partial charge >= 0.3 is 0 Å². The maximum Gasteiger partial charge on any atom is 0.245 e. The van der Waals surface area contributed by atoms with Crippen molar-refractivity contribution in [1.29, 1.82) is 0 Å². The summed E-state index contributed by atoms with van der Waals surface area (Å²) in [5.74, 6) is -6.62. The first kappa shape index (κ1) is 55.3. The van der Waals surface area contributed by atoms with Crippen LogP contribution in [0.4, 0.5) is 0 Å². The number of carbonyl (C=O) groups excluding carboxylic acids is 8. The van der Waals surface area contributed by atoms with Gasteiger partial charge in [-0.1, -0.05) is 47.0 Å². The van der Waals surface area contributed by atoms with E-state index in [4.69, 9.17) is 5.73 Å². The molecule has 0 radical (unpaired) electrons. The van der Waals surface area contributed by atoms with Gasteiger partial charge in [-0.2, -0.15) is 0 Å². The van der Waals surface area contributed by atoms with Crippen LogP contribution in [-0.4, -0.2) is 148 Å². The number of aliphatic hydroxyl groups is 4. The van der Waals surface area contributed by atoms with Crippen LogP contribution in [0.1, 0.15) is 107 Å². The number of hydrogen-bond donors (Lipinski definition) is 12. The number of nitrogens with zero attached hydrogens (tertiary/aromatic N) is 1. The summed E-state index contributed by atoms with van der Waals surface area (Å²) in [7, 11) is 0. The number of aliphatic hydroxyl groups excluding tert-OH is 4. The van der Waals surface area contributed by atoms with Crippen molar-refractivity contribution in [2.75, 3.05) is 19.8 Å². The molecular weight excluding hydrogens is 786 g/mol. The highest BCUT2D eigenvalue weighted by atomic mass is 16.3. The number of nitrogens with two attached hydrogens (primary N) is 1. The molecule has 0 saturated heterocycles. The van der Waals surface area contributed by atoms with Gasteiger partial charge < -0.3 is 63.4 Å². The minimum absolute atomic E-state index is 0.00278. The molecule has 0 aromatic carbocycles. The summed E-state index contributed by atoms with van der Waals surface area (Å²) >= 11 is 0. The van der Waals surface area contributed by atoms with E-state index in [9.17, 15) is 58.8 Å². The summed E-state index contributed by atoms with van der Waals surface area (Å²) in [6.45, 7) is 12.3. The molecule has 0 spiro atoms. The van der Waals surface area contributed by atoms with E-state index >= 15 is 0 Å². The fraction of sp³-hybridized carbons (Fsp3) is 0.769. The Morgan fingerprint density at radius 3 is 1.50 bits per heavy atom. The molecule has 0 aromatic rings. The number of carbonyl (C=O) groups is 8. The zero-order chi connectivity index (χ0) is 46.3. The number of unbranched alkanes of at least 4 members (excludes halogenated alkanes) is 2. The molecule has 0 aliphatic carbocycles. The van der Waals surface area contributed by atoms with Crippen LogP contribution in [0.5, 0.6) is 0 Å². The Hall–Kier alpha value is -4.73. The van der Waals surface area contributed by atoms with Crippen molar-refractivity contribution in [2.24, 2.45) is 22.6 Å². The van der Waals surface area contributed by atoms with E-state index in [-0.39, 0.29) is 37.1 Å². The Bertz CT molecular complexity index is 1460. The van der Waals surface area contributed by atoms with E-state index in [1.807, 2.05) is 13.8 Å². The van der Waals surface area contributed by atoms with E-state index in [0.29, 0.717) is 18.7 Å². The van der Waals surface area contributed by atoms with Gasteiger partial charge in [0, 0.05) is 12.5 Å². The summed E-state index contributed by atoms with van der Waals surface area (Å²) in [5.41, 5.74) is 5.64. The largest absolute Gasteiger partial charge is 0.394 e. The van der Waals surface area contributed by atoms with E-state index < -0.39 is 109 Å². The highest BCUT2D eigenvalue weighted by molar-refractivity contribution is 5.97. The summed E-state index contributed by atoms with van der Waals surface area (Å²) in [5, 5.41) is 56.6. The van der Waals surface area contributed by atoms with Gasteiger partial charge in [-0.3, -0.25) is 43.3 Å². The molecule has 0 fully saturated rings. The Labute approximate surface area is 352 Å². The van der Waals surface area contributed by atoms with E-state index in [1.165, 1.54) is 6.92 Å². The summed E-state index contributed by atoms with van der Waals surface area (Å²) in [6.07, 6.45) is 0.974. The molecule has 0 bridgehead atoms. The van der Waals surface area contributed by atoms with Crippen molar-refractivity contribution in [2.45, 2.75) is 162 Å². The summed E-state index contributed by atoms with van der Waals surface area (Å²) in [4.78, 5) is 108. The standard InChI is InChI=1S/C39H71N9O12/c1-10-11-12-14-21(4)33(54)44-28(17-20(2)3)36(57)43-27(15-13-16-41-26(9)40)35(56)42-22(5)34(55)46-30(19-50)37(58)47-32(25(8)53)39(60)48-31(24(7)52)38(59)45-29(18-49)23(6)51/h20-22,24-25,27-32,49-50,52-53H,10-19H2,1-9H3,(H2,40,41)(H,42,56)(H,43,57)(H,44,54)(H,45,59)(H,46,55)(H,47,58)(H,48,60)/t21-,22-,24+,25+,27-,28-,29-,30-,31-,32-/m0/s1. The van der Waals surface area contributed by atoms with Crippen LogP contribution in [0.2, 0.25) is 0 Å². The van der Waals surface area contributed by atoms with Crippen LogP contribution < -0.4 is 43.0 Å². The molecular formula is C39H71N9O12. The van der Waals surface area contributed by atoms with Crippen molar-refractivity contribution >= 4 is 53.0 Å². The summed E-state index contributed by atoms with van der Waals surface area (Å²) < 4.78 is 0. The third-order valence-electron chi connectivity index (χ3n) is 9.36. The molecule has 0 heterocycles. The molecule has 10 atom stereocenters. The first-order valence-electron chi connectivity index (χ1n) is 20.5. The molecule has 7 amide bonds. The average Bonchev–Trinajstić information content (AvgIpc) is 3.16. The molecule has 344 valence electrons. The number of amidine groups is 1. The van der Waals surface area contributed by atoms with Crippen molar-refractivity contribution in [1.82, 2.24) is 37.2 Å². The summed E-state index contributed by atoms with van der Waals surface area (Å²) in [6, 6.07) is -10.0. The lowest BCUT2D eigenvalue weighted by Gasteiger charge is -2.28. The number of hydrogen-bond acceptors (Lipinski definition) is 13. The number of ketones is 1. The van der Waals surface area contributed by atoms with Crippen molar-refractivity contribution in [3.8, 4) is 0 Å². The maximum atomic E-state index is 13.6. The van der Waals surface area contributed by atoms with Gasteiger partial charge in [-0.15, -0.1) is 0 Å².